The molecular formula is C15H21NO3. The Labute approximate surface area is 113 Å². The zero-order valence-corrected chi connectivity index (χ0v) is 11.9. The Kier molecular flexibility index (Phi) is 5.10. The van der Waals surface area contributed by atoms with Crippen molar-refractivity contribution in [2.45, 2.75) is 46.5 Å². The van der Waals surface area contributed by atoms with Crippen molar-refractivity contribution in [3.05, 3.63) is 45.0 Å². The lowest BCUT2D eigenvalue weighted by Gasteiger charge is -2.13. The smallest absolute Gasteiger partial charge is 0.313 e. The molecule has 0 heterocycles. The number of aryl methyl sites for hydroxylation is 1. The van der Waals surface area contributed by atoms with Crippen molar-refractivity contribution < 1.29 is 10.0 Å². The number of allylic oxidation sites excluding steroid dienone is 2. The van der Waals surface area contributed by atoms with E-state index in [1.54, 1.807) is 19.1 Å². The Balaban J connectivity index is 2.98. The average molecular weight is 263 g/mol. The van der Waals surface area contributed by atoms with E-state index in [1.165, 1.54) is 5.57 Å². The summed E-state index contributed by atoms with van der Waals surface area (Å²) in [5.74, 6) is -0.0930. The van der Waals surface area contributed by atoms with E-state index in [9.17, 15) is 15.2 Å². The number of hydrogen-bond acceptors (Lipinski definition) is 3. The van der Waals surface area contributed by atoms with E-state index in [0.717, 1.165) is 12.8 Å². The van der Waals surface area contributed by atoms with Crippen LogP contribution in [-0.4, -0.2) is 10.0 Å². The predicted molar refractivity (Wildman–Crippen MR) is 76.6 cm³/mol. The second kappa shape index (κ2) is 6.36. The Morgan fingerprint density at radius 2 is 2.11 bits per heavy atom. The van der Waals surface area contributed by atoms with Gasteiger partial charge in [0.2, 0.25) is 0 Å². The standard InChI is InChI=1S/C15H21NO3/c1-10(2)6-5-7-11(3)13-9-8-12(4)14(15(13)17)16(18)19/h6,8-9,11,17H,5,7H2,1-4H3/t11-/m0/s1. The predicted octanol–water partition coefficient (Wildman–Crippen LogP) is 4.46. The molecule has 0 unspecified atom stereocenters. The van der Waals surface area contributed by atoms with Crippen LogP contribution in [-0.2, 0) is 0 Å². The molecule has 4 nitrogen and oxygen atoms in total. The van der Waals surface area contributed by atoms with Gasteiger partial charge in [0, 0.05) is 11.1 Å². The Bertz CT molecular complexity index is 502. The summed E-state index contributed by atoms with van der Waals surface area (Å²) in [7, 11) is 0. The van der Waals surface area contributed by atoms with Crippen LogP contribution in [0.5, 0.6) is 5.75 Å². The summed E-state index contributed by atoms with van der Waals surface area (Å²) in [4.78, 5) is 10.4. The Hall–Kier alpha value is -1.84. The van der Waals surface area contributed by atoms with Crippen LogP contribution < -0.4 is 0 Å². The van der Waals surface area contributed by atoms with Gasteiger partial charge in [0.15, 0.2) is 5.75 Å². The van der Waals surface area contributed by atoms with Crippen LogP contribution in [0.1, 0.15) is 50.7 Å². The van der Waals surface area contributed by atoms with E-state index >= 15 is 0 Å². The number of phenolic OH excluding ortho intramolecular Hbond substituents is 1. The second-order valence-electron chi connectivity index (χ2n) is 5.19. The largest absolute Gasteiger partial charge is 0.502 e. The molecule has 0 spiro atoms. The highest BCUT2D eigenvalue weighted by atomic mass is 16.6. The lowest BCUT2D eigenvalue weighted by molar-refractivity contribution is -0.386. The van der Waals surface area contributed by atoms with Crippen LogP contribution in [0.4, 0.5) is 5.69 Å². The minimum absolute atomic E-state index is 0.0925. The number of phenols is 1. The number of nitro benzene ring substituents is 1. The highest BCUT2D eigenvalue weighted by Gasteiger charge is 2.22. The molecule has 0 aliphatic rings. The molecule has 0 aliphatic carbocycles. The van der Waals surface area contributed by atoms with E-state index in [4.69, 9.17) is 0 Å². The van der Waals surface area contributed by atoms with Gasteiger partial charge in [-0.2, -0.15) is 0 Å². The highest BCUT2D eigenvalue weighted by molar-refractivity contribution is 5.56. The second-order valence-corrected chi connectivity index (χ2v) is 5.19. The van der Waals surface area contributed by atoms with Crippen LogP contribution >= 0.6 is 0 Å². The molecule has 4 heteroatoms. The molecule has 104 valence electrons. The van der Waals surface area contributed by atoms with E-state index in [-0.39, 0.29) is 17.4 Å². The van der Waals surface area contributed by atoms with Crippen molar-refractivity contribution in [2.75, 3.05) is 0 Å². The molecule has 0 bridgehead atoms. The monoisotopic (exact) mass is 263 g/mol. The number of hydrogen-bond donors (Lipinski definition) is 1. The van der Waals surface area contributed by atoms with Gasteiger partial charge in [-0.15, -0.1) is 0 Å². The lowest BCUT2D eigenvalue weighted by Crippen LogP contribution is -1.99. The van der Waals surface area contributed by atoms with Crippen LogP contribution in [0.3, 0.4) is 0 Å². The topological polar surface area (TPSA) is 63.4 Å². The van der Waals surface area contributed by atoms with Gasteiger partial charge >= 0.3 is 5.69 Å². The number of nitrogens with zero attached hydrogens (tertiary/aromatic N) is 1. The third kappa shape index (κ3) is 3.81. The molecule has 19 heavy (non-hydrogen) atoms. The minimum Gasteiger partial charge on any atom is -0.502 e. The molecular weight excluding hydrogens is 242 g/mol. The molecule has 1 aromatic rings. The molecule has 1 N–H and O–H groups in total. The van der Waals surface area contributed by atoms with E-state index < -0.39 is 4.92 Å². The fourth-order valence-electron chi connectivity index (χ4n) is 2.10. The fourth-order valence-corrected chi connectivity index (χ4v) is 2.10. The Morgan fingerprint density at radius 1 is 1.47 bits per heavy atom. The van der Waals surface area contributed by atoms with Crippen molar-refractivity contribution in [2.24, 2.45) is 0 Å². The van der Waals surface area contributed by atoms with Crippen LogP contribution in [0.15, 0.2) is 23.8 Å². The molecule has 0 aliphatic heterocycles. The zero-order valence-electron chi connectivity index (χ0n) is 11.9. The summed E-state index contributed by atoms with van der Waals surface area (Å²) in [5.41, 5.74) is 2.22. The van der Waals surface area contributed by atoms with Gasteiger partial charge in [0.25, 0.3) is 0 Å². The van der Waals surface area contributed by atoms with E-state index in [2.05, 4.69) is 6.08 Å². The third-order valence-corrected chi connectivity index (χ3v) is 3.25. The normalized spacial score (nSPS) is 12.0. The first-order valence-electron chi connectivity index (χ1n) is 6.44. The number of nitro groups is 1. The van der Waals surface area contributed by atoms with Crippen LogP contribution in [0.2, 0.25) is 0 Å². The molecule has 0 saturated heterocycles. The van der Waals surface area contributed by atoms with Gasteiger partial charge in [0.05, 0.1) is 4.92 Å². The van der Waals surface area contributed by atoms with Crippen molar-refractivity contribution >= 4 is 5.69 Å². The fraction of sp³-hybridized carbons (Fsp3) is 0.467. The summed E-state index contributed by atoms with van der Waals surface area (Å²) in [6, 6.07) is 3.48. The van der Waals surface area contributed by atoms with Crippen molar-refractivity contribution in [3.63, 3.8) is 0 Å². The summed E-state index contributed by atoms with van der Waals surface area (Å²) < 4.78 is 0. The molecule has 1 atom stereocenters. The Morgan fingerprint density at radius 3 is 2.63 bits per heavy atom. The van der Waals surface area contributed by atoms with Crippen molar-refractivity contribution in [1.29, 1.82) is 0 Å². The molecule has 0 fully saturated rings. The molecule has 0 amide bonds. The first-order chi connectivity index (χ1) is 8.84. The van der Waals surface area contributed by atoms with E-state index in [1.807, 2.05) is 20.8 Å². The van der Waals surface area contributed by atoms with E-state index in [0.29, 0.717) is 11.1 Å². The lowest BCUT2D eigenvalue weighted by atomic mass is 9.93. The van der Waals surface area contributed by atoms with Gasteiger partial charge in [-0.3, -0.25) is 10.1 Å². The minimum atomic E-state index is -0.517. The summed E-state index contributed by atoms with van der Waals surface area (Å²) in [5, 5.41) is 21.0. The summed E-state index contributed by atoms with van der Waals surface area (Å²) in [6.07, 6.45) is 3.90. The van der Waals surface area contributed by atoms with Crippen LogP contribution in [0.25, 0.3) is 0 Å². The van der Waals surface area contributed by atoms with Crippen molar-refractivity contribution in [1.82, 2.24) is 0 Å². The number of benzene rings is 1. The van der Waals surface area contributed by atoms with Crippen LogP contribution in [0, 0.1) is 17.0 Å². The number of rotatable bonds is 5. The highest BCUT2D eigenvalue weighted by Crippen LogP contribution is 2.38. The SMILES string of the molecule is CC(C)=CCC[C@H](C)c1ccc(C)c([N+](=O)[O-])c1O. The maximum Gasteiger partial charge on any atom is 0.313 e. The average Bonchev–Trinajstić information content (AvgIpc) is 2.27. The molecule has 1 rings (SSSR count). The number of aromatic hydroxyl groups is 1. The molecule has 0 aromatic heterocycles. The zero-order chi connectivity index (χ0) is 14.6. The quantitative estimate of drug-likeness (QED) is 0.484. The first kappa shape index (κ1) is 15.2. The maximum absolute atomic E-state index is 11.0. The maximum atomic E-state index is 11.0. The summed E-state index contributed by atoms with van der Waals surface area (Å²) in [6.45, 7) is 7.69. The molecule has 1 aromatic carbocycles. The molecule has 0 saturated carbocycles. The van der Waals surface area contributed by atoms with Gasteiger partial charge in [-0.25, -0.2) is 0 Å². The van der Waals surface area contributed by atoms with Gasteiger partial charge in [0.1, 0.15) is 0 Å². The molecule has 0 radical (unpaired) electrons. The van der Waals surface area contributed by atoms with Gasteiger partial charge < -0.3 is 5.11 Å². The first-order valence-corrected chi connectivity index (χ1v) is 6.44. The van der Waals surface area contributed by atoms with Gasteiger partial charge in [-0.1, -0.05) is 30.7 Å². The van der Waals surface area contributed by atoms with Crippen molar-refractivity contribution in [3.8, 4) is 5.75 Å². The summed E-state index contributed by atoms with van der Waals surface area (Å²) >= 11 is 0. The third-order valence-electron chi connectivity index (χ3n) is 3.25. The van der Waals surface area contributed by atoms with Gasteiger partial charge in [-0.05, 0) is 39.5 Å².